The maximum absolute atomic E-state index is 12.9. The van der Waals surface area contributed by atoms with E-state index in [1.807, 2.05) is 0 Å². The van der Waals surface area contributed by atoms with E-state index in [-0.39, 0.29) is 10.6 Å². The molecule has 0 atom stereocenters. The zero-order valence-corrected chi connectivity index (χ0v) is 6.22. The number of benzene rings is 1. The third-order valence-electron chi connectivity index (χ3n) is 1.18. The zero-order chi connectivity index (χ0) is 8.27. The molecular weight excluding hydrogens is 169 g/mol. The largest absolute Gasteiger partial charge is 0.411 e. The molecule has 0 radical (unpaired) electrons. The van der Waals surface area contributed by atoms with Gasteiger partial charge < -0.3 is 5.21 Å². The molecule has 1 rings (SSSR count). The molecule has 0 unspecified atom stereocenters. The maximum atomic E-state index is 12.9. The van der Waals surface area contributed by atoms with Crippen LogP contribution in [0.5, 0.6) is 0 Å². The van der Waals surface area contributed by atoms with Crippen molar-refractivity contribution in [2.75, 3.05) is 0 Å². The third-order valence-corrected chi connectivity index (χ3v) is 1.47. The Labute approximate surface area is 67.9 Å². The van der Waals surface area contributed by atoms with E-state index in [0.29, 0.717) is 0 Å². The Morgan fingerprint density at radius 3 is 2.91 bits per heavy atom. The Bertz CT molecular complexity index is 288. The molecular formula is C7H5ClFNO. The highest BCUT2D eigenvalue weighted by Gasteiger charge is 2.02. The zero-order valence-electron chi connectivity index (χ0n) is 5.46. The lowest BCUT2D eigenvalue weighted by atomic mass is 10.2. The monoisotopic (exact) mass is 173 g/mol. The van der Waals surface area contributed by atoms with Crippen molar-refractivity contribution in [3.8, 4) is 0 Å². The van der Waals surface area contributed by atoms with Gasteiger partial charge in [-0.2, -0.15) is 0 Å². The highest BCUT2D eigenvalue weighted by Crippen LogP contribution is 2.15. The summed E-state index contributed by atoms with van der Waals surface area (Å²) >= 11 is 5.43. The van der Waals surface area contributed by atoms with Crippen LogP contribution in [0.2, 0.25) is 5.02 Å². The van der Waals surface area contributed by atoms with Crippen molar-refractivity contribution >= 4 is 17.8 Å². The van der Waals surface area contributed by atoms with Crippen LogP contribution >= 0.6 is 11.6 Å². The van der Waals surface area contributed by atoms with Crippen LogP contribution in [0.1, 0.15) is 5.56 Å². The summed E-state index contributed by atoms with van der Waals surface area (Å²) in [5.41, 5.74) is 0.167. The molecule has 0 aliphatic rings. The minimum atomic E-state index is -0.577. The van der Waals surface area contributed by atoms with Gasteiger partial charge in [0.15, 0.2) is 5.82 Å². The molecule has 0 aliphatic carbocycles. The van der Waals surface area contributed by atoms with Crippen molar-refractivity contribution in [3.63, 3.8) is 0 Å². The predicted molar refractivity (Wildman–Crippen MR) is 40.8 cm³/mol. The Morgan fingerprint density at radius 2 is 2.27 bits per heavy atom. The Morgan fingerprint density at radius 1 is 1.55 bits per heavy atom. The molecule has 0 aromatic heterocycles. The third kappa shape index (κ3) is 1.68. The van der Waals surface area contributed by atoms with Crippen LogP contribution in [0.25, 0.3) is 0 Å². The van der Waals surface area contributed by atoms with Crippen LogP contribution in [0, 0.1) is 5.82 Å². The Hall–Kier alpha value is -1.09. The summed E-state index contributed by atoms with van der Waals surface area (Å²) in [6.07, 6.45) is 0.987. The lowest BCUT2D eigenvalue weighted by molar-refractivity contribution is 0.321. The van der Waals surface area contributed by atoms with E-state index in [9.17, 15) is 4.39 Å². The molecule has 0 heterocycles. The van der Waals surface area contributed by atoms with E-state index in [1.165, 1.54) is 12.1 Å². The van der Waals surface area contributed by atoms with Crippen LogP contribution in [0.15, 0.2) is 23.4 Å². The standard InChI is InChI=1S/C7H5ClFNO/c8-6-3-1-2-5(4-10-11)7(6)9/h1-4,11H/b10-4+. The number of halogens is 2. The highest BCUT2D eigenvalue weighted by molar-refractivity contribution is 6.31. The molecule has 0 aliphatic heterocycles. The number of rotatable bonds is 1. The van der Waals surface area contributed by atoms with E-state index < -0.39 is 5.82 Å². The molecule has 11 heavy (non-hydrogen) atoms. The molecule has 1 aromatic rings. The van der Waals surface area contributed by atoms with Crippen molar-refractivity contribution in [2.24, 2.45) is 5.16 Å². The first-order chi connectivity index (χ1) is 5.25. The van der Waals surface area contributed by atoms with Gasteiger partial charge >= 0.3 is 0 Å². The highest BCUT2D eigenvalue weighted by atomic mass is 35.5. The second-order valence-corrected chi connectivity index (χ2v) is 2.29. The minimum Gasteiger partial charge on any atom is -0.411 e. The molecule has 58 valence electrons. The lowest BCUT2D eigenvalue weighted by Gasteiger charge is -1.95. The molecule has 1 aromatic carbocycles. The summed E-state index contributed by atoms with van der Waals surface area (Å²) < 4.78 is 12.9. The van der Waals surface area contributed by atoms with Gasteiger partial charge in [-0.25, -0.2) is 4.39 Å². The second kappa shape index (κ2) is 3.34. The molecule has 1 N–H and O–H groups in total. The van der Waals surface area contributed by atoms with Crippen LogP contribution in [0.3, 0.4) is 0 Å². The van der Waals surface area contributed by atoms with Gasteiger partial charge in [0, 0.05) is 5.56 Å². The molecule has 0 bridgehead atoms. The quantitative estimate of drug-likeness (QED) is 0.395. The molecule has 4 heteroatoms. The maximum Gasteiger partial charge on any atom is 0.150 e. The van der Waals surface area contributed by atoms with Gasteiger partial charge in [0.05, 0.1) is 11.2 Å². The van der Waals surface area contributed by atoms with Gasteiger partial charge in [-0.15, -0.1) is 0 Å². The van der Waals surface area contributed by atoms with Crippen LogP contribution in [-0.2, 0) is 0 Å². The smallest absolute Gasteiger partial charge is 0.150 e. The fraction of sp³-hybridized carbons (Fsp3) is 0. The van der Waals surface area contributed by atoms with Gasteiger partial charge in [-0.1, -0.05) is 28.9 Å². The molecule has 0 saturated heterocycles. The fourth-order valence-corrected chi connectivity index (χ4v) is 0.864. The van der Waals surface area contributed by atoms with Gasteiger partial charge in [0.2, 0.25) is 0 Å². The first kappa shape index (κ1) is 8.01. The van der Waals surface area contributed by atoms with E-state index in [1.54, 1.807) is 6.07 Å². The lowest BCUT2D eigenvalue weighted by Crippen LogP contribution is -1.87. The summed E-state index contributed by atoms with van der Waals surface area (Å²) in [7, 11) is 0. The van der Waals surface area contributed by atoms with Crippen molar-refractivity contribution in [3.05, 3.63) is 34.6 Å². The summed E-state index contributed by atoms with van der Waals surface area (Å²) in [6.45, 7) is 0. The SMILES string of the molecule is O/N=C/c1cccc(Cl)c1F. The van der Waals surface area contributed by atoms with Gasteiger partial charge in [0.25, 0.3) is 0 Å². The van der Waals surface area contributed by atoms with Crippen LogP contribution < -0.4 is 0 Å². The van der Waals surface area contributed by atoms with E-state index in [2.05, 4.69) is 5.16 Å². The first-order valence-corrected chi connectivity index (χ1v) is 3.25. The Balaban J connectivity index is 3.16. The number of hydrogen-bond donors (Lipinski definition) is 1. The van der Waals surface area contributed by atoms with Gasteiger partial charge in [0.1, 0.15) is 0 Å². The van der Waals surface area contributed by atoms with Gasteiger partial charge in [-0.3, -0.25) is 0 Å². The fourth-order valence-electron chi connectivity index (χ4n) is 0.682. The minimum absolute atomic E-state index is 0.0161. The average Bonchev–Trinajstić information content (AvgIpc) is 1.99. The average molecular weight is 174 g/mol. The number of nitrogens with zero attached hydrogens (tertiary/aromatic N) is 1. The van der Waals surface area contributed by atoms with E-state index >= 15 is 0 Å². The Kier molecular flexibility index (Phi) is 2.44. The summed E-state index contributed by atoms with van der Waals surface area (Å²) in [5.74, 6) is -0.577. The summed E-state index contributed by atoms with van der Waals surface area (Å²) in [5, 5.41) is 10.8. The molecule has 0 amide bonds. The van der Waals surface area contributed by atoms with E-state index in [0.717, 1.165) is 6.21 Å². The molecule has 2 nitrogen and oxygen atoms in total. The number of oxime groups is 1. The number of hydrogen-bond acceptors (Lipinski definition) is 2. The van der Waals surface area contributed by atoms with Crippen molar-refractivity contribution in [2.45, 2.75) is 0 Å². The molecule has 0 fully saturated rings. The predicted octanol–water partition coefficient (Wildman–Crippen LogP) is 2.29. The normalized spacial score (nSPS) is 10.7. The summed E-state index contributed by atoms with van der Waals surface area (Å²) in [4.78, 5) is 0. The molecule has 0 saturated carbocycles. The second-order valence-electron chi connectivity index (χ2n) is 1.89. The van der Waals surface area contributed by atoms with Crippen molar-refractivity contribution in [1.82, 2.24) is 0 Å². The molecule has 0 spiro atoms. The summed E-state index contributed by atoms with van der Waals surface area (Å²) in [6, 6.07) is 4.45. The topological polar surface area (TPSA) is 32.6 Å². The van der Waals surface area contributed by atoms with Crippen LogP contribution in [0.4, 0.5) is 4.39 Å². The van der Waals surface area contributed by atoms with E-state index in [4.69, 9.17) is 16.8 Å². The van der Waals surface area contributed by atoms with Crippen molar-refractivity contribution in [1.29, 1.82) is 0 Å². The first-order valence-electron chi connectivity index (χ1n) is 2.87. The van der Waals surface area contributed by atoms with Crippen LogP contribution in [-0.4, -0.2) is 11.4 Å². The van der Waals surface area contributed by atoms with Crippen molar-refractivity contribution < 1.29 is 9.60 Å². The van der Waals surface area contributed by atoms with Gasteiger partial charge in [-0.05, 0) is 6.07 Å².